The van der Waals surface area contributed by atoms with Gasteiger partial charge < -0.3 is 10.0 Å². The standard InChI is InChI=1S/C15H17NO3/c17-14(9-8-12-5-2-1-3-6-12)16-10-4-7-13(16)11-15(18)19/h1-3,5-6,8-9,13H,4,7,10-11H2,(H,18,19). The molecule has 1 aliphatic rings. The molecule has 0 radical (unpaired) electrons. The lowest BCUT2D eigenvalue weighted by atomic mass is 10.1. The monoisotopic (exact) mass is 259 g/mol. The molecule has 19 heavy (non-hydrogen) atoms. The largest absolute Gasteiger partial charge is 0.481 e. The number of carboxylic acid groups (broad SMARTS) is 1. The predicted octanol–water partition coefficient (Wildman–Crippen LogP) is 2.17. The number of hydrogen-bond donors (Lipinski definition) is 1. The number of rotatable bonds is 4. The van der Waals surface area contributed by atoms with E-state index in [2.05, 4.69) is 0 Å². The highest BCUT2D eigenvalue weighted by atomic mass is 16.4. The minimum absolute atomic E-state index is 0.0327. The van der Waals surface area contributed by atoms with Crippen LogP contribution in [0.4, 0.5) is 0 Å². The van der Waals surface area contributed by atoms with Gasteiger partial charge in [0.05, 0.1) is 6.42 Å². The maximum Gasteiger partial charge on any atom is 0.305 e. The van der Waals surface area contributed by atoms with E-state index in [1.807, 2.05) is 30.3 Å². The van der Waals surface area contributed by atoms with Crippen LogP contribution in [-0.4, -0.2) is 34.5 Å². The van der Waals surface area contributed by atoms with E-state index in [-0.39, 0.29) is 18.4 Å². The van der Waals surface area contributed by atoms with Crippen molar-refractivity contribution in [3.8, 4) is 0 Å². The van der Waals surface area contributed by atoms with Gasteiger partial charge in [0.2, 0.25) is 5.91 Å². The summed E-state index contributed by atoms with van der Waals surface area (Å²) in [6.07, 6.45) is 4.97. The summed E-state index contributed by atoms with van der Waals surface area (Å²) >= 11 is 0. The van der Waals surface area contributed by atoms with Crippen molar-refractivity contribution in [3.05, 3.63) is 42.0 Å². The topological polar surface area (TPSA) is 57.6 Å². The summed E-state index contributed by atoms with van der Waals surface area (Å²) in [4.78, 5) is 24.5. The molecule has 1 aromatic rings. The molecule has 1 atom stereocenters. The van der Waals surface area contributed by atoms with E-state index in [9.17, 15) is 9.59 Å². The lowest BCUT2D eigenvalue weighted by Gasteiger charge is -2.21. The molecule has 1 unspecified atom stereocenters. The summed E-state index contributed by atoms with van der Waals surface area (Å²) < 4.78 is 0. The van der Waals surface area contributed by atoms with Crippen LogP contribution < -0.4 is 0 Å². The molecule has 1 aromatic carbocycles. The molecule has 1 heterocycles. The van der Waals surface area contributed by atoms with E-state index in [1.54, 1.807) is 11.0 Å². The molecule has 100 valence electrons. The van der Waals surface area contributed by atoms with Crippen molar-refractivity contribution in [2.24, 2.45) is 0 Å². The summed E-state index contributed by atoms with van der Waals surface area (Å²) in [6, 6.07) is 9.42. The van der Waals surface area contributed by atoms with Gasteiger partial charge in [0, 0.05) is 18.7 Å². The number of nitrogens with zero attached hydrogens (tertiary/aromatic N) is 1. The van der Waals surface area contributed by atoms with Crippen LogP contribution >= 0.6 is 0 Å². The number of carboxylic acids is 1. The molecular weight excluding hydrogens is 242 g/mol. The minimum Gasteiger partial charge on any atom is -0.481 e. The van der Waals surface area contributed by atoms with Crippen LogP contribution in [0, 0.1) is 0 Å². The Hall–Kier alpha value is -2.10. The fraction of sp³-hybridized carbons (Fsp3) is 0.333. The van der Waals surface area contributed by atoms with Gasteiger partial charge in [-0.2, -0.15) is 0 Å². The van der Waals surface area contributed by atoms with Gasteiger partial charge in [-0.15, -0.1) is 0 Å². The highest BCUT2D eigenvalue weighted by Crippen LogP contribution is 2.20. The van der Waals surface area contributed by atoms with Gasteiger partial charge in [0.1, 0.15) is 0 Å². The number of aliphatic carboxylic acids is 1. The Kier molecular flexibility index (Phi) is 4.34. The Balaban J connectivity index is 1.99. The quantitative estimate of drug-likeness (QED) is 0.843. The number of likely N-dealkylation sites (tertiary alicyclic amines) is 1. The second kappa shape index (κ2) is 6.18. The highest BCUT2D eigenvalue weighted by Gasteiger charge is 2.28. The summed E-state index contributed by atoms with van der Waals surface area (Å²) in [5, 5.41) is 8.83. The molecular formula is C15H17NO3. The van der Waals surface area contributed by atoms with E-state index in [0.29, 0.717) is 6.54 Å². The van der Waals surface area contributed by atoms with Crippen molar-refractivity contribution in [1.29, 1.82) is 0 Å². The average molecular weight is 259 g/mol. The third kappa shape index (κ3) is 3.68. The molecule has 1 N–H and O–H groups in total. The van der Waals surface area contributed by atoms with Crippen LogP contribution in [0.5, 0.6) is 0 Å². The normalized spacial score (nSPS) is 18.9. The van der Waals surface area contributed by atoms with Crippen molar-refractivity contribution >= 4 is 18.0 Å². The van der Waals surface area contributed by atoms with Gasteiger partial charge in [-0.05, 0) is 24.5 Å². The molecule has 2 rings (SSSR count). The molecule has 1 fully saturated rings. The van der Waals surface area contributed by atoms with E-state index in [1.165, 1.54) is 6.08 Å². The van der Waals surface area contributed by atoms with Gasteiger partial charge in [0.25, 0.3) is 0 Å². The third-order valence-corrected chi connectivity index (χ3v) is 3.29. The molecule has 4 heteroatoms. The van der Waals surface area contributed by atoms with Crippen LogP contribution in [-0.2, 0) is 9.59 Å². The molecule has 0 spiro atoms. The number of hydrogen-bond acceptors (Lipinski definition) is 2. The maximum absolute atomic E-state index is 12.1. The van der Waals surface area contributed by atoms with E-state index >= 15 is 0 Å². The number of carbonyl (C=O) groups excluding carboxylic acids is 1. The smallest absolute Gasteiger partial charge is 0.305 e. The Labute approximate surface area is 112 Å². The first-order valence-electron chi connectivity index (χ1n) is 6.42. The minimum atomic E-state index is -0.850. The Morgan fingerprint density at radius 3 is 2.74 bits per heavy atom. The van der Waals surface area contributed by atoms with Gasteiger partial charge in [-0.3, -0.25) is 9.59 Å². The number of benzene rings is 1. The van der Waals surface area contributed by atoms with Gasteiger partial charge in [0.15, 0.2) is 0 Å². The molecule has 1 amide bonds. The Bertz CT molecular complexity index is 481. The van der Waals surface area contributed by atoms with Crippen molar-refractivity contribution in [2.75, 3.05) is 6.54 Å². The van der Waals surface area contributed by atoms with Crippen LogP contribution in [0.15, 0.2) is 36.4 Å². The molecule has 1 saturated heterocycles. The van der Waals surface area contributed by atoms with E-state index in [4.69, 9.17) is 5.11 Å². The SMILES string of the molecule is O=C(O)CC1CCCN1C(=O)C=Cc1ccccc1. The first-order chi connectivity index (χ1) is 9.16. The van der Waals surface area contributed by atoms with Crippen LogP contribution in [0.25, 0.3) is 6.08 Å². The third-order valence-electron chi connectivity index (χ3n) is 3.29. The molecule has 0 aliphatic carbocycles. The van der Waals surface area contributed by atoms with E-state index < -0.39 is 5.97 Å². The van der Waals surface area contributed by atoms with Crippen LogP contribution in [0.2, 0.25) is 0 Å². The van der Waals surface area contributed by atoms with Crippen LogP contribution in [0.3, 0.4) is 0 Å². The lowest BCUT2D eigenvalue weighted by Crippen LogP contribution is -2.35. The molecule has 0 aromatic heterocycles. The first kappa shape index (κ1) is 13.3. The zero-order valence-electron chi connectivity index (χ0n) is 10.7. The lowest BCUT2D eigenvalue weighted by molar-refractivity contribution is -0.139. The molecule has 0 saturated carbocycles. The summed E-state index contributed by atoms with van der Waals surface area (Å²) in [5.74, 6) is -0.954. The van der Waals surface area contributed by atoms with Crippen molar-refractivity contribution in [2.45, 2.75) is 25.3 Å². The molecule has 0 bridgehead atoms. The Morgan fingerprint density at radius 1 is 1.32 bits per heavy atom. The van der Waals surface area contributed by atoms with Gasteiger partial charge in [-0.1, -0.05) is 30.3 Å². The number of carbonyl (C=O) groups is 2. The average Bonchev–Trinajstić information content (AvgIpc) is 2.84. The highest BCUT2D eigenvalue weighted by molar-refractivity contribution is 5.92. The van der Waals surface area contributed by atoms with Gasteiger partial charge in [-0.25, -0.2) is 0 Å². The summed E-state index contributed by atoms with van der Waals surface area (Å²) in [7, 11) is 0. The fourth-order valence-electron chi connectivity index (χ4n) is 2.37. The predicted molar refractivity (Wildman–Crippen MR) is 72.5 cm³/mol. The first-order valence-corrected chi connectivity index (χ1v) is 6.42. The van der Waals surface area contributed by atoms with Gasteiger partial charge >= 0.3 is 5.97 Å². The van der Waals surface area contributed by atoms with E-state index in [0.717, 1.165) is 18.4 Å². The maximum atomic E-state index is 12.1. The molecule has 1 aliphatic heterocycles. The second-order valence-corrected chi connectivity index (χ2v) is 4.67. The Morgan fingerprint density at radius 2 is 2.05 bits per heavy atom. The zero-order valence-corrected chi connectivity index (χ0v) is 10.7. The molecule has 4 nitrogen and oxygen atoms in total. The van der Waals surface area contributed by atoms with Crippen molar-refractivity contribution in [1.82, 2.24) is 4.90 Å². The summed E-state index contributed by atoms with van der Waals surface area (Å²) in [5.41, 5.74) is 0.963. The zero-order chi connectivity index (χ0) is 13.7. The summed E-state index contributed by atoms with van der Waals surface area (Å²) in [6.45, 7) is 0.649. The van der Waals surface area contributed by atoms with Crippen molar-refractivity contribution in [3.63, 3.8) is 0 Å². The van der Waals surface area contributed by atoms with Crippen molar-refractivity contribution < 1.29 is 14.7 Å². The second-order valence-electron chi connectivity index (χ2n) is 4.67. The number of amides is 1. The van der Waals surface area contributed by atoms with Crippen LogP contribution in [0.1, 0.15) is 24.8 Å². The fourth-order valence-corrected chi connectivity index (χ4v) is 2.37.